The second-order valence-electron chi connectivity index (χ2n) is 8.02. The number of anilines is 2. The zero-order chi connectivity index (χ0) is 19.8. The first-order valence-electron chi connectivity index (χ1n) is 10.2. The molecule has 5 rings (SSSR count). The Morgan fingerprint density at radius 3 is 2.76 bits per heavy atom. The lowest BCUT2D eigenvalue weighted by atomic mass is 9.93. The van der Waals surface area contributed by atoms with Crippen molar-refractivity contribution < 1.29 is 9.90 Å². The smallest absolute Gasteiger partial charge is 0.259 e. The Balaban J connectivity index is 1.36. The molecule has 4 N–H and O–H groups in total. The number of para-hydroxylation sites is 1. The number of fused-ring (bicyclic) bond motifs is 1. The van der Waals surface area contributed by atoms with Crippen molar-refractivity contribution in [1.29, 1.82) is 0 Å². The van der Waals surface area contributed by atoms with Crippen molar-refractivity contribution in [3.63, 3.8) is 0 Å². The van der Waals surface area contributed by atoms with E-state index >= 15 is 0 Å². The van der Waals surface area contributed by atoms with E-state index in [2.05, 4.69) is 30.8 Å². The van der Waals surface area contributed by atoms with Gasteiger partial charge in [0, 0.05) is 35.3 Å². The molecule has 0 atom stereocenters. The van der Waals surface area contributed by atoms with Gasteiger partial charge in [0.1, 0.15) is 0 Å². The molecular weight excluding hydrogens is 368 g/mol. The fourth-order valence-electron chi connectivity index (χ4n) is 3.90. The number of amides is 1. The molecule has 2 saturated carbocycles. The van der Waals surface area contributed by atoms with Crippen LogP contribution in [0.5, 0.6) is 0 Å². The van der Waals surface area contributed by atoms with Gasteiger partial charge >= 0.3 is 0 Å². The first-order chi connectivity index (χ1) is 14.2. The molecule has 3 aromatic rings. The van der Waals surface area contributed by atoms with Gasteiger partial charge in [0.25, 0.3) is 5.91 Å². The topological polar surface area (TPSA) is 116 Å². The number of nitrogens with zero attached hydrogens (tertiary/aromatic N) is 3. The summed E-state index contributed by atoms with van der Waals surface area (Å²) in [6.45, 7) is 0. The second-order valence-corrected chi connectivity index (χ2v) is 8.02. The molecule has 2 fully saturated rings. The summed E-state index contributed by atoms with van der Waals surface area (Å²) in [6, 6.07) is 7.63. The molecule has 29 heavy (non-hydrogen) atoms. The van der Waals surface area contributed by atoms with Crippen LogP contribution in [0.1, 0.15) is 60.5 Å². The van der Waals surface area contributed by atoms with E-state index in [-0.39, 0.29) is 18.1 Å². The highest BCUT2D eigenvalue weighted by Crippen LogP contribution is 2.39. The summed E-state index contributed by atoms with van der Waals surface area (Å²) in [6.07, 6.45) is 7.20. The Bertz CT molecular complexity index is 1040. The van der Waals surface area contributed by atoms with Gasteiger partial charge in [-0.1, -0.05) is 12.1 Å². The normalized spacial score (nSPS) is 21.8. The minimum Gasteiger partial charge on any atom is -0.393 e. The molecule has 0 aliphatic heterocycles. The maximum atomic E-state index is 12.9. The summed E-state index contributed by atoms with van der Waals surface area (Å²) in [5, 5.41) is 23.9. The van der Waals surface area contributed by atoms with Gasteiger partial charge in [0.05, 0.1) is 17.2 Å². The summed E-state index contributed by atoms with van der Waals surface area (Å²) < 4.78 is 0. The Labute approximate surface area is 168 Å². The fraction of sp³-hybridized carbons (Fsp3) is 0.429. The van der Waals surface area contributed by atoms with E-state index < -0.39 is 0 Å². The quantitative estimate of drug-likeness (QED) is 0.530. The molecule has 8 heteroatoms. The van der Waals surface area contributed by atoms with E-state index in [4.69, 9.17) is 0 Å². The van der Waals surface area contributed by atoms with Crippen LogP contribution in [-0.2, 0) is 0 Å². The number of nitrogens with one attached hydrogen (secondary N) is 3. The van der Waals surface area contributed by atoms with Crippen LogP contribution in [0.25, 0.3) is 10.9 Å². The first-order valence-corrected chi connectivity index (χ1v) is 10.2. The number of rotatable bonds is 5. The Morgan fingerprint density at radius 1 is 1.14 bits per heavy atom. The predicted molar refractivity (Wildman–Crippen MR) is 110 cm³/mol. The maximum absolute atomic E-state index is 12.9. The molecular formula is C21H24N6O2. The van der Waals surface area contributed by atoms with E-state index in [1.807, 2.05) is 18.2 Å². The molecule has 0 spiro atoms. The molecule has 0 bridgehead atoms. The lowest BCUT2D eigenvalue weighted by Crippen LogP contribution is -2.29. The fourth-order valence-corrected chi connectivity index (χ4v) is 3.90. The monoisotopic (exact) mass is 392 g/mol. The van der Waals surface area contributed by atoms with Crippen LogP contribution in [0.4, 0.5) is 11.8 Å². The largest absolute Gasteiger partial charge is 0.393 e. The van der Waals surface area contributed by atoms with Crippen molar-refractivity contribution >= 4 is 28.6 Å². The SMILES string of the molecule is O=C(Nc1cc(C2CC2)[nH]n1)c1cccc2cnc(NC3CCC(O)CC3)nc12. The number of aliphatic hydroxyl groups is 1. The highest BCUT2D eigenvalue weighted by Gasteiger charge is 2.26. The molecule has 2 aliphatic rings. The summed E-state index contributed by atoms with van der Waals surface area (Å²) >= 11 is 0. The summed E-state index contributed by atoms with van der Waals surface area (Å²) in [7, 11) is 0. The van der Waals surface area contributed by atoms with E-state index in [1.54, 1.807) is 12.3 Å². The van der Waals surface area contributed by atoms with Crippen molar-refractivity contribution in [1.82, 2.24) is 20.2 Å². The van der Waals surface area contributed by atoms with E-state index in [1.165, 1.54) is 12.8 Å². The van der Waals surface area contributed by atoms with E-state index in [0.29, 0.717) is 28.8 Å². The lowest BCUT2D eigenvalue weighted by molar-refractivity contribution is 0.102. The highest BCUT2D eigenvalue weighted by atomic mass is 16.3. The van der Waals surface area contributed by atoms with Crippen LogP contribution in [0.3, 0.4) is 0 Å². The summed E-state index contributed by atoms with van der Waals surface area (Å²) in [4.78, 5) is 21.9. The van der Waals surface area contributed by atoms with Crippen molar-refractivity contribution in [2.45, 2.75) is 56.6 Å². The number of hydrogen-bond acceptors (Lipinski definition) is 6. The van der Waals surface area contributed by atoms with E-state index in [0.717, 1.165) is 36.8 Å². The number of hydrogen-bond donors (Lipinski definition) is 4. The average Bonchev–Trinajstić information content (AvgIpc) is 3.48. The minimum atomic E-state index is -0.241. The lowest BCUT2D eigenvalue weighted by Gasteiger charge is -2.26. The molecule has 1 aromatic carbocycles. The average molecular weight is 392 g/mol. The van der Waals surface area contributed by atoms with Crippen molar-refractivity contribution in [3.05, 3.63) is 41.7 Å². The first kappa shape index (κ1) is 18.1. The molecule has 2 aromatic heterocycles. The maximum Gasteiger partial charge on any atom is 0.259 e. The van der Waals surface area contributed by atoms with Gasteiger partial charge in [-0.05, 0) is 44.6 Å². The van der Waals surface area contributed by atoms with Gasteiger partial charge in [-0.25, -0.2) is 9.97 Å². The van der Waals surface area contributed by atoms with Gasteiger partial charge in [-0.2, -0.15) is 5.10 Å². The zero-order valence-electron chi connectivity index (χ0n) is 16.1. The van der Waals surface area contributed by atoms with Crippen LogP contribution in [-0.4, -0.2) is 43.3 Å². The zero-order valence-corrected chi connectivity index (χ0v) is 16.1. The van der Waals surface area contributed by atoms with Crippen LogP contribution in [0.2, 0.25) is 0 Å². The van der Waals surface area contributed by atoms with Crippen LogP contribution >= 0.6 is 0 Å². The number of H-pyrrole nitrogens is 1. The number of carbonyl (C=O) groups is 1. The summed E-state index contributed by atoms with van der Waals surface area (Å²) in [5.74, 6) is 1.35. The summed E-state index contributed by atoms with van der Waals surface area (Å²) in [5.41, 5.74) is 2.17. The predicted octanol–water partition coefficient (Wildman–Crippen LogP) is 3.20. The molecule has 8 nitrogen and oxygen atoms in total. The van der Waals surface area contributed by atoms with Gasteiger partial charge in [0.15, 0.2) is 5.82 Å². The molecule has 2 heterocycles. The van der Waals surface area contributed by atoms with Gasteiger partial charge in [-0.15, -0.1) is 0 Å². The highest BCUT2D eigenvalue weighted by molar-refractivity contribution is 6.11. The number of aromatic amines is 1. The van der Waals surface area contributed by atoms with Crippen molar-refractivity contribution in [2.24, 2.45) is 0 Å². The molecule has 150 valence electrons. The number of aromatic nitrogens is 4. The number of aliphatic hydroxyl groups excluding tert-OH is 1. The Kier molecular flexibility index (Phi) is 4.63. The molecule has 0 radical (unpaired) electrons. The second kappa shape index (κ2) is 7.44. The van der Waals surface area contributed by atoms with Crippen molar-refractivity contribution in [2.75, 3.05) is 10.6 Å². The van der Waals surface area contributed by atoms with Gasteiger partial charge in [0.2, 0.25) is 5.95 Å². The van der Waals surface area contributed by atoms with Gasteiger partial charge < -0.3 is 15.7 Å². The van der Waals surface area contributed by atoms with Crippen LogP contribution in [0, 0.1) is 0 Å². The Morgan fingerprint density at radius 2 is 1.97 bits per heavy atom. The third-order valence-electron chi connectivity index (χ3n) is 5.74. The van der Waals surface area contributed by atoms with Crippen LogP contribution in [0.15, 0.2) is 30.5 Å². The number of benzene rings is 1. The third kappa shape index (κ3) is 3.93. The molecule has 0 unspecified atom stereocenters. The number of carbonyl (C=O) groups excluding carboxylic acids is 1. The van der Waals surface area contributed by atoms with Crippen LogP contribution < -0.4 is 10.6 Å². The molecule has 0 saturated heterocycles. The van der Waals surface area contributed by atoms with E-state index in [9.17, 15) is 9.90 Å². The Hall–Kier alpha value is -3.00. The standard InChI is InChI=1S/C21H24N6O2/c28-15-8-6-14(7-9-15)23-21-22-11-13-2-1-3-16(19(13)25-21)20(29)24-18-10-17(26-27-18)12-4-5-12/h1-3,10-12,14-15,28H,4-9H2,(H,22,23,25)(H2,24,26,27,29). The molecule has 1 amide bonds. The minimum absolute atomic E-state index is 0.205. The van der Waals surface area contributed by atoms with Crippen molar-refractivity contribution in [3.8, 4) is 0 Å². The third-order valence-corrected chi connectivity index (χ3v) is 5.74. The molecule has 2 aliphatic carbocycles. The van der Waals surface area contributed by atoms with Gasteiger partial charge in [-0.3, -0.25) is 9.89 Å².